The van der Waals surface area contributed by atoms with Crippen LogP contribution in [0.1, 0.15) is 136 Å². The Labute approximate surface area is 872 Å². The zero-order valence-corrected chi connectivity index (χ0v) is 90.6. The molecule has 4 aromatic carbocycles. The maximum atomic E-state index is 16.0. The first-order valence-electron chi connectivity index (χ1n) is 45.8. The Morgan fingerprint density at radius 2 is 0.615 bits per heavy atom. The molecular weight excluding hydrogens is 2140 g/mol. The topological polar surface area (TPSA) is 586 Å². The molecule has 24 atom stereocenters. The molecule has 4 fully saturated rings. The van der Waals surface area contributed by atoms with Crippen LogP contribution < -0.4 is 35.1 Å². The van der Waals surface area contributed by atoms with Crippen molar-refractivity contribution in [2.45, 2.75) is 230 Å². The number of aliphatic hydroxyl groups excluding tert-OH is 4. The zero-order valence-electron chi connectivity index (χ0n) is 82.9. The zero-order chi connectivity index (χ0) is 110. The number of hydrogen-bond donors (Lipinski definition) is 12. The summed E-state index contributed by atoms with van der Waals surface area (Å²) in [5.74, 6) is -17.9. The average molecular weight is 2260 g/mol. The number of carbonyl (C=O) groups excluding carboxylic acids is 4. The van der Waals surface area contributed by atoms with Gasteiger partial charge in [0.05, 0.1) is 72.7 Å². The summed E-state index contributed by atoms with van der Waals surface area (Å²) in [6.45, 7) is 19.1. The fraction of sp³-hybridized carbons (Fsp3) is 0.522. The number of nitrogens with one attached hydrogen (secondary N) is 3. The molecule has 12 rings (SSSR count). The van der Waals surface area contributed by atoms with E-state index >= 15 is 17.6 Å². The molecule has 4 aliphatic heterocycles. The summed E-state index contributed by atoms with van der Waals surface area (Å²) in [4.78, 5) is 84.4. The molecule has 816 valence electrons. The highest BCUT2D eigenvalue weighted by Crippen LogP contribution is 2.59. The van der Waals surface area contributed by atoms with Gasteiger partial charge in [-0.2, -0.15) is 0 Å². The van der Waals surface area contributed by atoms with Crippen LogP contribution in [0.15, 0.2) is 180 Å². The lowest BCUT2D eigenvalue weighted by molar-refractivity contribution is -0.203. The first-order valence-corrected chi connectivity index (χ1v) is 54.7. The lowest BCUT2D eigenvalue weighted by Crippen LogP contribution is -2.49. The summed E-state index contributed by atoms with van der Waals surface area (Å²) in [5.41, 5.74) is -4.67. The van der Waals surface area contributed by atoms with Gasteiger partial charge in [-0.05, 0) is 186 Å². The summed E-state index contributed by atoms with van der Waals surface area (Å²) < 4.78 is 209. The predicted molar refractivity (Wildman–Crippen MR) is 536 cm³/mol. The molecule has 4 saturated heterocycles. The summed E-state index contributed by atoms with van der Waals surface area (Å²) >= 11 is 25.3. The normalized spacial score (nSPS) is 28.0. The first kappa shape index (κ1) is 122. The maximum Gasteiger partial charge on any atom is 0.380 e. The average Bonchev–Trinajstić information content (AvgIpc) is 1.60. The van der Waals surface area contributed by atoms with Crippen molar-refractivity contribution in [2.75, 3.05) is 56.8 Å². The number of ether oxygens (including phenoxy) is 8. The molecule has 0 aliphatic carbocycles. The van der Waals surface area contributed by atoms with E-state index in [-0.39, 0.29) is 47.8 Å². The third-order valence-electron chi connectivity index (χ3n) is 22.3. The molecule has 8 aromatic rings. The van der Waals surface area contributed by atoms with Gasteiger partial charge in [-0.1, -0.05) is 125 Å². The van der Waals surface area contributed by atoms with Crippen molar-refractivity contribution in [3.05, 3.63) is 215 Å². The number of alkyl halides is 4. The van der Waals surface area contributed by atoms with Crippen molar-refractivity contribution >= 4 is 121 Å². The fourth-order valence-corrected chi connectivity index (χ4v) is 23.4. The Kier molecular flexibility index (Phi) is 41.4. The van der Waals surface area contributed by atoms with E-state index in [4.69, 9.17) is 141 Å². The van der Waals surface area contributed by atoms with Crippen molar-refractivity contribution in [1.29, 1.82) is 0 Å². The van der Waals surface area contributed by atoms with Crippen molar-refractivity contribution in [2.24, 2.45) is 23.7 Å². The Morgan fingerprint density at radius 3 is 0.865 bits per heavy atom. The number of nitrogen functional groups attached to an aromatic ring is 1. The number of nitrogens with two attached hydrogens (primary N) is 1. The van der Waals surface area contributed by atoms with Crippen molar-refractivity contribution in [3.8, 4) is 23.0 Å². The van der Waals surface area contributed by atoms with Crippen LogP contribution in [-0.4, -0.2) is 249 Å². The monoisotopic (exact) mass is 2260 g/mol. The molecular formula is C92H121F4N9O34P4S5. The number of esters is 4. The standard InChI is InChI=1S/C23H31FN3O8PS.2C23H30FN2O9PS.C23H30FN2O8PS2/c1-14(2)33-18(28)15(3)12-36(31,35-16-8-6-5-7-9-16)32-13-23(24)19(29)22(4,30)20(34-23)27-11-10-17(25)26-21(27)37;1-14(2)33-18(27)15(3)12-36(31,35-16-8-6-5-7-9-16)32-13-23(24)19(28)22(4,30)20(34-23)26-11-10-17(37)25-21(26)29;1-14(2)33-18(28)15(3)12-36(31,35-16-8-6-5-7-9-16)32-13-23(24)19(29)22(4,30)20(34-23)26-11-10-17(27)25-21(26)37;1-14(2)32-18(27)15(3)12-35(30,34-16-8-6-5-7-9-16)31-13-23(24)19(28)22(4,29)20(33-23)26-11-10-17(36)25-21(26)37/h5-11,14-15,19-20,29-30H,12-13H2,1-4H3,(H2,25,26,37);5-11,14-15,19-20,28,30H,12-13H2,1-4H3,(H,25,29,37);5-11,14-15,19-20,29-30H,12-13H2,1-4H3,(H,25,27,37);5-11,14-15,19-20,28-29H,12-13H2,1-4H3,(H,25,36,37)/t3*15-,19-,20-,22?,23-,36?;15-,19-,20-,22?,23-,35?/m1111/s1. The number of aromatic amines is 3. The van der Waals surface area contributed by atoms with Crippen LogP contribution in [0.5, 0.6) is 23.0 Å². The molecule has 0 bridgehead atoms. The number of hydrogen-bond acceptors (Lipinski definition) is 41. The van der Waals surface area contributed by atoms with E-state index in [9.17, 15) is 87.9 Å². The fourth-order valence-electron chi connectivity index (χ4n) is 14.8. The highest BCUT2D eigenvalue weighted by Gasteiger charge is 2.68. The second kappa shape index (κ2) is 50.1. The Bertz CT molecular complexity index is 6100. The van der Waals surface area contributed by atoms with Crippen LogP contribution in [0.2, 0.25) is 0 Å². The summed E-state index contributed by atoms with van der Waals surface area (Å²) in [7, 11) is -17.0. The molecule has 8 heterocycles. The first-order chi connectivity index (χ1) is 68.7. The lowest BCUT2D eigenvalue weighted by Gasteiger charge is -2.29. The van der Waals surface area contributed by atoms with E-state index in [1.54, 1.807) is 128 Å². The smallest absolute Gasteiger partial charge is 0.380 e. The molecule has 0 saturated carbocycles. The minimum Gasteiger partial charge on any atom is -0.463 e. The third-order valence-corrected chi connectivity index (χ3v) is 31.7. The summed E-state index contributed by atoms with van der Waals surface area (Å²) in [5, 5.41) is 86.2. The molecule has 56 heteroatoms. The van der Waals surface area contributed by atoms with E-state index in [2.05, 4.69) is 19.9 Å². The number of halogens is 4. The van der Waals surface area contributed by atoms with Gasteiger partial charge in [0.2, 0.25) is 4.77 Å². The number of para-hydroxylation sites is 4. The van der Waals surface area contributed by atoms with E-state index in [0.717, 1.165) is 47.5 Å². The van der Waals surface area contributed by atoms with Gasteiger partial charge < -0.3 is 108 Å². The van der Waals surface area contributed by atoms with Crippen LogP contribution in [0.4, 0.5) is 23.4 Å². The molecule has 43 nitrogen and oxygen atoms in total. The van der Waals surface area contributed by atoms with E-state index in [1.165, 1.54) is 124 Å². The molecule has 8 unspecified atom stereocenters. The molecule has 0 spiro atoms. The van der Waals surface area contributed by atoms with Crippen molar-refractivity contribution in [3.63, 3.8) is 0 Å². The maximum absolute atomic E-state index is 16.0. The number of rotatable bonds is 40. The van der Waals surface area contributed by atoms with Crippen LogP contribution in [0, 0.1) is 47.3 Å². The molecule has 13 N–H and O–H groups in total. The van der Waals surface area contributed by atoms with Crippen LogP contribution >= 0.6 is 91.5 Å². The molecule has 148 heavy (non-hydrogen) atoms. The molecule has 4 aliphatic rings. The highest BCUT2D eigenvalue weighted by molar-refractivity contribution is 7.72. The second-order valence-corrected chi connectivity index (χ2v) is 47.2. The van der Waals surface area contributed by atoms with E-state index in [0.29, 0.717) is 4.64 Å². The minimum absolute atomic E-state index is 0.0192. The molecule has 0 amide bonds. The Morgan fingerprint density at radius 1 is 0.378 bits per heavy atom. The number of anilines is 1. The Hall–Kier alpha value is -9.22. The van der Waals surface area contributed by atoms with Crippen LogP contribution in [0.25, 0.3) is 0 Å². The molecule has 0 radical (unpaired) electrons. The number of aromatic nitrogens is 8. The van der Waals surface area contributed by atoms with Crippen LogP contribution in [0.3, 0.4) is 0 Å². The van der Waals surface area contributed by atoms with Crippen molar-refractivity contribution < 1.29 is 170 Å². The number of H-pyrrole nitrogens is 3. The number of carbonyl (C=O) groups is 4. The van der Waals surface area contributed by atoms with E-state index in [1.807, 2.05) is 0 Å². The largest absolute Gasteiger partial charge is 0.463 e. The Balaban J connectivity index is 0.000000219. The van der Waals surface area contributed by atoms with Gasteiger partial charge in [0.25, 0.3) is 29.0 Å². The summed E-state index contributed by atoms with van der Waals surface area (Å²) in [6, 6.07) is 37.0. The van der Waals surface area contributed by atoms with Gasteiger partial charge in [0.15, 0.2) is 34.5 Å². The lowest BCUT2D eigenvalue weighted by atomic mass is 9.95. The minimum atomic E-state index is -4.27. The van der Waals surface area contributed by atoms with Gasteiger partial charge in [0, 0.05) is 30.9 Å². The predicted octanol–water partition coefficient (Wildman–Crippen LogP) is 14.0. The van der Waals surface area contributed by atoms with Crippen molar-refractivity contribution in [1.82, 2.24) is 38.2 Å². The third kappa shape index (κ3) is 31.5. The van der Waals surface area contributed by atoms with Gasteiger partial charge >= 0.3 is 60.0 Å². The summed E-state index contributed by atoms with van der Waals surface area (Å²) in [6.07, 6.45) is -13.4. The molecule has 4 aromatic heterocycles. The second-order valence-electron chi connectivity index (χ2n) is 37.1. The van der Waals surface area contributed by atoms with E-state index < -0.39 is 260 Å². The SMILES string of the molecule is CC(C)OC(=O)[C@H](C)CP(=O)(OC[C@@]1(F)O[C@@H](n2ccc(=O)[nH]c2=S)C(C)(O)[C@H]1O)Oc1ccccc1.CC(C)OC(=O)[C@H](C)CP(=O)(OC[C@@]1(F)O[C@@H](n2ccc(=S)[nH]c2=O)C(C)(O)[C@H]1O)Oc1ccccc1.CC(C)OC(=O)[C@H](C)CP(=O)(OC[C@@]1(F)O[C@@H](n2ccc(=S)[nH]c2=S)C(C)(O)[C@H]1O)Oc1ccccc1.CC(C)OC(=O)[C@H](C)CP(=O)(OC[C@@]1(F)O[C@@H](n2ccc(N)nc2=S)C(C)(O)[C@H]1O)Oc1ccccc1. The number of nitrogens with zero attached hydrogens (tertiary/aromatic N) is 5. The van der Waals surface area contributed by atoms with Gasteiger partial charge in [-0.25, -0.2) is 45.6 Å². The van der Waals surface area contributed by atoms with Gasteiger partial charge in [-0.3, -0.25) is 70.3 Å². The number of benzene rings is 4. The van der Waals surface area contributed by atoms with Gasteiger partial charge in [-0.15, -0.1) is 0 Å². The highest BCUT2D eigenvalue weighted by atomic mass is 32.1. The number of aliphatic hydroxyl groups is 8. The quantitative estimate of drug-likeness (QED) is 0.00558. The van der Waals surface area contributed by atoms with Gasteiger partial charge in [0.1, 0.15) is 111 Å². The van der Waals surface area contributed by atoms with Crippen LogP contribution in [-0.2, 0) is 93.4 Å².